The Morgan fingerprint density at radius 1 is 1.19 bits per heavy atom. The number of nitrogens with one attached hydrogen (secondary N) is 1. The highest BCUT2D eigenvalue weighted by molar-refractivity contribution is 5.93. The number of hydrogen-bond acceptors (Lipinski definition) is 5. The lowest BCUT2D eigenvalue weighted by atomic mass is 10.0. The Bertz CT molecular complexity index is 1060. The van der Waals surface area contributed by atoms with Crippen LogP contribution in [0.1, 0.15) is 22.3 Å². The van der Waals surface area contributed by atoms with E-state index in [4.69, 9.17) is 14.4 Å². The second-order valence-electron chi connectivity index (χ2n) is 6.27. The number of carbonyl (C=O) groups excluding carboxylic acids is 2. The van der Waals surface area contributed by atoms with Crippen molar-refractivity contribution in [3.8, 4) is 6.07 Å². The first-order valence-electron chi connectivity index (χ1n) is 8.39. The summed E-state index contributed by atoms with van der Waals surface area (Å²) in [6.07, 6.45) is 1.56. The highest BCUT2D eigenvalue weighted by atomic mass is 16.5. The van der Waals surface area contributed by atoms with Crippen molar-refractivity contribution >= 4 is 28.5 Å². The first-order valence-corrected chi connectivity index (χ1v) is 8.39. The van der Waals surface area contributed by atoms with Gasteiger partial charge in [-0.25, -0.2) is 0 Å². The van der Waals surface area contributed by atoms with Crippen LogP contribution in [0.15, 0.2) is 47.1 Å². The van der Waals surface area contributed by atoms with E-state index in [-0.39, 0.29) is 6.42 Å². The molecule has 1 heterocycles. The first kappa shape index (κ1) is 18.2. The fourth-order valence-corrected chi connectivity index (χ4v) is 2.69. The first-order chi connectivity index (χ1) is 13.0. The van der Waals surface area contributed by atoms with E-state index in [1.165, 1.54) is 6.26 Å². The van der Waals surface area contributed by atoms with Crippen LogP contribution in [-0.2, 0) is 20.7 Å². The minimum atomic E-state index is -0.517. The SMILES string of the molecule is Cc1cc2occ(CC(=O)OCC(=O)Nc3cccc(C#N)c3)c2cc1C. The van der Waals surface area contributed by atoms with E-state index in [1.807, 2.05) is 32.0 Å². The van der Waals surface area contributed by atoms with Gasteiger partial charge in [-0.15, -0.1) is 0 Å². The quantitative estimate of drug-likeness (QED) is 0.700. The van der Waals surface area contributed by atoms with Crippen molar-refractivity contribution in [2.24, 2.45) is 0 Å². The van der Waals surface area contributed by atoms with E-state index in [2.05, 4.69) is 5.32 Å². The van der Waals surface area contributed by atoms with Crippen LogP contribution in [0.25, 0.3) is 11.0 Å². The second-order valence-corrected chi connectivity index (χ2v) is 6.27. The smallest absolute Gasteiger partial charge is 0.310 e. The summed E-state index contributed by atoms with van der Waals surface area (Å²) in [4.78, 5) is 24.0. The van der Waals surface area contributed by atoms with Crippen molar-refractivity contribution in [2.75, 3.05) is 11.9 Å². The molecular formula is C21H18N2O4. The maximum absolute atomic E-state index is 12.1. The number of aryl methyl sites for hydroxylation is 2. The fourth-order valence-electron chi connectivity index (χ4n) is 2.69. The number of furan rings is 1. The molecule has 2 aromatic carbocycles. The molecule has 1 aromatic heterocycles. The van der Waals surface area contributed by atoms with Crippen molar-refractivity contribution in [1.82, 2.24) is 0 Å². The standard InChI is InChI=1S/C21H18N2O4/c1-13-6-18-16(11-26-19(18)7-14(13)2)9-21(25)27-12-20(24)23-17-5-3-4-15(8-17)10-22/h3-8,11H,9,12H2,1-2H3,(H,23,24). The number of fused-ring (bicyclic) bond motifs is 1. The lowest BCUT2D eigenvalue weighted by Gasteiger charge is -2.07. The number of nitriles is 1. The van der Waals surface area contributed by atoms with Crippen LogP contribution >= 0.6 is 0 Å². The Hall–Kier alpha value is -3.59. The minimum absolute atomic E-state index is 0.0205. The average molecular weight is 362 g/mol. The van der Waals surface area contributed by atoms with Gasteiger partial charge in [0, 0.05) is 16.6 Å². The summed E-state index contributed by atoms with van der Waals surface area (Å²) in [7, 11) is 0. The molecule has 0 saturated carbocycles. The fraction of sp³-hybridized carbons (Fsp3) is 0.190. The number of esters is 1. The third-order valence-corrected chi connectivity index (χ3v) is 4.24. The molecule has 0 unspecified atom stereocenters. The molecule has 0 atom stereocenters. The van der Waals surface area contributed by atoms with Crippen LogP contribution in [0.4, 0.5) is 5.69 Å². The summed E-state index contributed by atoms with van der Waals surface area (Å²) >= 11 is 0. The topological polar surface area (TPSA) is 92.3 Å². The van der Waals surface area contributed by atoms with Gasteiger partial charge in [0.05, 0.1) is 24.3 Å². The third-order valence-electron chi connectivity index (χ3n) is 4.24. The summed E-state index contributed by atoms with van der Waals surface area (Å²) in [5, 5.41) is 12.3. The molecule has 0 bridgehead atoms. The molecule has 3 aromatic rings. The van der Waals surface area contributed by atoms with E-state index in [1.54, 1.807) is 24.3 Å². The van der Waals surface area contributed by atoms with Crippen molar-refractivity contribution in [3.05, 3.63) is 64.9 Å². The van der Waals surface area contributed by atoms with Crippen molar-refractivity contribution in [2.45, 2.75) is 20.3 Å². The van der Waals surface area contributed by atoms with Crippen LogP contribution in [0.2, 0.25) is 0 Å². The van der Waals surface area contributed by atoms with Gasteiger partial charge in [0.25, 0.3) is 5.91 Å². The molecule has 136 valence electrons. The number of hydrogen-bond donors (Lipinski definition) is 1. The van der Waals surface area contributed by atoms with Gasteiger partial charge in [-0.05, 0) is 55.3 Å². The predicted molar refractivity (Wildman–Crippen MR) is 100 cm³/mol. The molecule has 27 heavy (non-hydrogen) atoms. The van der Waals surface area contributed by atoms with Gasteiger partial charge < -0.3 is 14.5 Å². The van der Waals surface area contributed by atoms with Crippen LogP contribution in [0, 0.1) is 25.2 Å². The van der Waals surface area contributed by atoms with Gasteiger partial charge in [0.15, 0.2) is 6.61 Å². The maximum Gasteiger partial charge on any atom is 0.310 e. The highest BCUT2D eigenvalue weighted by Crippen LogP contribution is 2.25. The van der Waals surface area contributed by atoms with Gasteiger partial charge in [0.1, 0.15) is 5.58 Å². The zero-order chi connectivity index (χ0) is 19.4. The summed E-state index contributed by atoms with van der Waals surface area (Å²) in [6.45, 7) is 3.59. The highest BCUT2D eigenvalue weighted by Gasteiger charge is 2.14. The van der Waals surface area contributed by atoms with Gasteiger partial charge in [-0.1, -0.05) is 6.07 Å². The van der Waals surface area contributed by atoms with E-state index >= 15 is 0 Å². The number of carbonyl (C=O) groups is 2. The van der Waals surface area contributed by atoms with E-state index < -0.39 is 18.5 Å². The molecule has 1 N–H and O–H groups in total. The average Bonchev–Trinajstić information content (AvgIpc) is 3.02. The molecule has 0 aliphatic heterocycles. The lowest BCUT2D eigenvalue weighted by Crippen LogP contribution is -2.21. The molecule has 1 amide bonds. The number of anilines is 1. The largest absolute Gasteiger partial charge is 0.464 e. The van der Waals surface area contributed by atoms with Gasteiger partial charge >= 0.3 is 5.97 Å². The van der Waals surface area contributed by atoms with Crippen LogP contribution in [0.5, 0.6) is 0 Å². The summed E-state index contributed by atoms with van der Waals surface area (Å²) < 4.78 is 10.5. The Labute approximate surface area is 156 Å². The molecule has 3 rings (SSSR count). The van der Waals surface area contributed by atoms with Crippen LogP contribution < -0.4 is 5.32 Å². The molecular weight excluding hydrogens is 344 g/mol. The molecule has 0 aliphatic carbocycles. The molecule has 0 saturated heterocycles. The van der Waals surface area contributed by atoms with E-state index in [0.29, 0.717) is 11.3 Å². The van der Waals surface area contributed by atoms with Gasteiger partial charge in [-0.2, -0.15) is 5.26 Å². The Kier molecular flexibility index (Phi) is 5.23. The number of amides is 1. The third kappa shape index (κ3) is 4.33. The van der Waals surface area contributed by atoms with Crippen LogP contribution in [0.3, 0.4) is 0 Å². The van der Waals surface area contributed by atoms with Gasteiger partial charge in [-0.3, -0.25) is 9.59 Å². The number of nitrogens with zero attached hydrogens (tertiary/aromatic N) is 1. The molecule has 0 radical (unpaired) electrons. The van der Waals surface area contributed by atoms with Crippen LogP contribution in [-0.4, -0.2) is 18.5 Å². The Morgan fingerprint density at radius 3 is 2.74 bits per heavy atom. The number of ether oxygens (including phenoxy) is 1. The lowest BCUT2D eigenvalue weighted by molar-refractivity contribution is -0.146. The minimum Gasteiger partial charge on any atom is -0.464 e. The molecule has 0 fully saturated rings. The molecule has 6 nitrogen and oxygen atoms in total. The van der Waals surface area contributed by atoms with E-state index in [9.17, 15) is 9.59 Å². The number of benzene rings is 2. The van der Waals surface area contributed by atoms with Crippen molar-refractivity contribution in [1.29, 1.82) is 5.26 Å². The maximum atomic E-state index is 12.1. The normalized spacial score (nSPS) is 10.4. The summed E-state index contributed by atoms with van der Waals surface area (Å²) in [5.41, 5.74) is 4.57. The number of rotatable bonds is 5. The summed E-state index contributed by atoms with van der Waals surface area (Å²) in [5.74, 6) is -0.987. The predicted octanol–water partition coefficient (Wildman–Crippen LogP) is 3.65. The summed E-state index contributed by atoms with van der Waals surface area (Å²) in [6, 6.07) is 12.4. The second kappa shape index (κ2) is 7.75. The Morgan fingerprint density at radius 2 is 1.96 bits per heavy atom. The van der Waals surface area contributed by atoms with E-state index in [0.717, 1.165) is 27.7 Å². The molecule has 0 spiro atoms. The van der Waals surface area contributed by atoms with Gasteiger partial charge in [0.2, 0.25) is 0 Å². The van der Waals surface area contributed by atoms with Crippen molar-refractivity contribution in [3.63, 3.8) is 0 Å². The zero-order valence-corrected chi connectivity index (χ0v) is 15.0. The van der Waals surface area contributed by atoms with Crippen molar-refractivity contribution < 1.29 is 18.7 Å². The zero-order valence-electron chi connectivity index (χ0n) is 15.0. The molecule has 0 aliphatic rings. The monoisotopic (exact) mass is 362 g/mol. The Balaban J connectivity index is 1.57. The molecule has 6 heteroatoms.